The summed E-state index contributed by atoms with van der Waals surface area (Å²) in [5, 5.41) is 6.54. The number of allylic oxidation sites excluding steroid dienone is 1. The van der Waals surface area contributed by atoms with Crippen LogP contribution in [0.3, 0.4) is 0 Å². The topological polar surface area (TPSA) is 17.8 Å². The first-order chi connectivity index (χ1) is 12.1. The molecule has 0 amide bonds. The maximum atomic E-state index is 6.41. The highest BCUT2D eigenvalue weighted by atomic mass is 35.5. The summed E-state index contributed by atoms with van der Waals surface area (Å²) in [6.07, 6.45) is 7.29. The Hall–Kier alpha value is -1.74. The molecule has 0 bridgehead atoms. The average molecular weight is 390 g/mol. The van der Waals surface area contributed by atoms with E-state index in [9.17, 15) is 0 Å². The maximum Gasteiger partial charge on any atom is 0.0840 e. The third-order valence-corrected chi connectivity index (χ3v) is 5.18. The quantitative estimate of drug-likeness (QED) is 0.476. The Kier molecular flexibility index (Phi) is 4.60. The number of rotatable bonds is 2. The molecule has 0 unspecified atom stereocenters. The molecule has 0 saturated carbocycles. The van der Waals surface area contributed by atoms with Gasteiger partial charge in [-0.2, -0.15) is 5.10 Å². The van der Waals surface area contributed by atoms with Crippen LogP contribution in [-0.4, -0.2) is 9.78 Å². The Labute approximate surface area is 161 Å². The van der Waals surface area contributed by atoms with Gasteiger partial charge in [0.1, 0.15) is 0 Å². The van der Waals surface area contributed by atoms with Crippen LogP contribution in [0.4, 0.5) is 0 Å². The van der Waals surface area contributed by atoms with E-state index >= 15 is 0 Å². The molecule has 1 aliphatic carbocycles. The van der Waals surface area contributed by atoms with Crippen LogP contribution in [0.5, 0.6) is 0 Å². The number of aromatic nitrogens is 2. The van der Waals surface area contributed by atoms with Crippen LogP contribution in [0, 0.1) is 0 Å². The van der Waals surface area contributed by atoms with E-state index in [4.69, 9.17) is 34.8 Å². The smallest absolute Gasteiger partial charge is 0.0840 e. The fourth-order valence-electron chi connectivity index (χ4n) is 3.23. The highest BCUT2D eigenvalue weighted by Crippen LogP contribution is 2.35. The van der Waals surface area contributed by atoms with Crippen LogP contribution >= 0.6 is 34.8 Å². The molecule has 0 spiro atoms. The lowest BCUT2D eigenvalue weighted by Gasteiger charge is -2.18. The summed E-state index contributed by atoms with van der Waals surface area (Å²) in [5.41, 5.74) is 5.61. The number of hydrogen-bond donors (Lipinski definition) is 0. The summed E-state index contributed by atoms with van der Waals surface area (Å²) in [4.78, 5) is 0. The molecular weight excluding hydrogens is 375 g/mol. The molecular formula is C20H15Cl3N2. The maximum absolute atomic E-state index is 6.41. The van der Waals surface area contributed by atoms with Crippen LogP contribution in [0.1, 0.15) is 29.7 Å². The zero-order valence-electron chi connectivity index (χ0n) is 13.3. The van der Waals surface area contributed by atoms with Crippen LogP contribution in [0.2, 0.25) is 15.1 Å². The Morgan fingerprint density at radius 2 is 1.68 bits per heavy atom. The van der Waals surface area contributed by atoms with Crippen LogP contribution in [-0.2, 0) is 6.42 Å². The van der Waals surface area contributed by atoms with Gasteiger partial charge in [-0.1, -0.05) is 46.9 Å². The van der Waals surface area contributed by atoms with Crippen molar-refractivity contribution in [3.8, 4) is 5.69 Å². The van der Waals surface area contributed by atoms with Gasteiger partial charge in [0.05, 0.1) is 22.6 Å². The van der Waals surface area contributed by atoms with Crippen molar-refractivity contribution < 1.29 is 0 Å². The first-order valence-corrected chi connectivity index (χ1v) is 9.24. The van der Waals surface area contributed by atoms with Crippen molar-refractivity contribution in [1.82, 2.24) is 9.78 Å². The molecule has 1 aliphatic rings. The van der Waals surface area contributed by atoms with Gasteiger partial charge in [-0.15, -0.1) is 0 Å². The third kappa shape index (κ3) is 3.35. The lowest BCUT2D eigenvalue weighted by molar-refractivity contribution is 0.796. The minimum Gasteiger partial charge on any atom is -0.232 e. The minimum atomic E-state index is 0.592. The third-order valence-electron chi connectivity index (χ3n) is 4.39. The van der Waals surface area contributed by atoms with Gasteiger partial charge in [0, 0.05) is 10.0 Å². The highest BCUT2D eigenvalue weighted by molar-refractivity contribution is 6.35. The van der Waals surface area contributed by atoms with Gasteiger partial charge in [0.15, 0.2) is 0 Å². The summed E-state index contributed by atoms with van der Waals surface area (Å²) in [5.74, 6) is 0. The molecule has 2 aromatic carbocycles. The van der Waals surface area contributed by atoms with Crippen molar-refractivity contribution in [2.45, 2.75) is 19.3 Å². The molecule has 3 aromatic rings. The van der Waals surface area contributed by atoms with E-state index in [0.717, 1.165) is 41.2 Å². The minimum absolute atomic E-state index is 0.592. The Balaban J connectivity index is 1.83. The number of benzene rings is 2. The number of aryl methyl sites for hydroxylation is 1. The Morgan fingerprint density at radius 3 is 2.44 bits per heavy atom. The zero-order valence-corrected chi connectivity index (χ0v) is 15.6. The summed E-state index contributed by atoms with van der Waals surface area (Å²) in [7, 11) is 0. The largest absolute Gasteiger partial charge is 0.232 e. The lowest BCUT2D eigenvalue weighted by Crippen LogP contribution is -2.07. The second-order valence-corrected chi connectivity index (χ2v) is 7.38. The molecule has 4 rings (SSSR count). The molecule has 1 heterocycles. The molecule has 25 heavy (non-hydrogen) atoms. The monoisotopic (exact) mass is 388 g/mol. The average Bonchev–Trinajstić information content (AvgIpc) is 3.02. The van der Waals surface area contributed by atoms with E-state index in [1.165, 1.54) is 11.1 Å². The molecule has 0 atom stereocenters. The van der Waals surface area contributed by atoms with Gasteiger partial charge in [-0.3, -0.25) is 0 Å². The molecule has 0 N–H and O–H groups in total. The number of fused-ring (bicyclic) bond motifs is 1. The summed E-state index contributed by atoms with van der Waals surface area (Å²) in [6, 6.07) is 13.4. The SMILES string of the molecule is Clc1ccc(C=C2CCCc3cnn(-c4ccc(Cl)cc4Cl)c32)cc1. The van der Waals surface area contributed by atoms with Crippen molar-refractivity contribution in [1.29, 1.82) is 0 Å². The molecule has 0 radical (unpaired) electrons. The van der Waals surface area contributed by atoms with E-state index < -0.39 is 0 Å². The summed E-state index contributed by atoms with van der Waals surface area (Å²) < 4.78 is 1.93. The van der Waals surface area contributed by atoms with Crippen LogP contribution in [0.25, 0.3) is 17.3 Å². The highest BCUT2D eigenvalue weighted by Gasteiger charge is 2.21. The van der Waals surface area contributed by atoms with Gasteiger partial charge in [0.2, 0.25) is 0 Å². The van der Waals surface area contributed by atoms with Crippen molar-refractivity contribution in [3.63, 3.8) is 0 Å². The van der Waals surface area contributed by atoms with Crippen molar-refractivity contribution in [2.75, 3.05) is 0 Å². The van der Waals surface area contributed by atoms with Gasteiger partial charge in [0.25, 0.3) is 0 Å². The molecule has 126 valence electrons. The van der Waals surface area contributed by atoms with Gasteiger partial charge in [-0.05, 0) is 72.4 Å². The molecule has 2 nitrogen and oxygen atoms in total. The van der Waals surface area contributed by atoms with E-state index in [1.807, 2.05) is 47.3 Å². The van der Waals surface area contributed by atoms with Crippen molar-refractivity contribution in [2.24, 2.45) is 0 Å². The zero-order chi connectivity index (χ0) is 17.4. The first kappa shape index (κ1) is 16.7. The molecule has 0 fully saturated rings. The second kappa shape index (κ2) is 6.87. The van der Waals surface area contributed by atoms with Gasteiger partial charge < -0.3 is 0 Å². The van der Waals surface area contributed by atoms with Gasteiger partial charge in [-0.25, -0.2) is 4.68 Å². The molecule has 1 aromatic heterocycles. The number of hydrogen-bond acceptors (Lipinski definition) is 1. The van der Waals surface area contributed by atoms with Gasteiger partial charge >= 0.3 is 0 Å². The lowest BCUT2D eigenvalue weighted by atomic mass is 9.91. The first-order valence-electron chi connectivity index (χ1n) is 8.10. The fourth-order valence-corrected chi connectivity index (χ4v) is 3.85. The van der Waals surface area contributed by atoms with Crippen molar-refractivity contribution in [3.05, 3.63) is 80.6 Å². The van der Waals surface area contributed by atoms with E-state index in [-0.39, 0.29) is 0 Å². The summed E-state index contributed by atoms with van der Waals surface area (Å²) >= 11 is 18.4. The van der Waals surface area contributed by atoms with Crippen LogP contribution in [0.15, 0.2) is 48.7 Å². The number of nitrogens with zero attached hydrogens (tertiary/aromatic N) is 2. The second-order valence-electron chi connectivity index (χ2n) is 6.10. The predicted molar refractivity (Wildman–Crippen MR) is 106 cm³/mol. The van der Waals surface area contributed by atoms with Crippen LogP contribution < -0.4 is 0 Å². The molecule has 0 aliphatic heterocycles. The van der Waals surface area contributed by atoms with E-state index in [1.54, 1.807) is 6.07 Å². The van der Waals surface area contributed by atoms with E-state index in [0.29, 0.717) is 10.0 Å². The van der Waals surface area contributed by atoms with E-state index in [2.05, 4.69) is 11.2 Å². The molecule has 0 saturated heterocycles. The standard InChI is InChI=1S/C20H15Cl3N2/c21-16-6-4-13(5-7-16)10-14-2-1-3-15-12-24-25(20(14)15)19-9-8-17(22)11-18(19)23/h4-12H,1-3H2. The van der Waals surface area contributed by atoms with Crippen molar-refractivity contribution >= 4 is 46.5 Å². The Bertz CT molecular complexity index is 956. The predicted octanol–water partition coefficient (Wildman–Crippen LogP) is 6.71. The number of halogens is 3. The molecule has 5 heteroatoms. The fraction of sp³-hybridized carbons (Fsp3) is 0.150. The Morgan fingerprint density at radius 1 is 0.920 bits per heavy atom. The summed E-state index contributed by atoms with van der Waals surface area (Å²) in [6.45, 7) is 0. The normalized spacial score (nSPS) is 15.4.